The predicted molar refractivity (Wildman–Crippen MR) is 45.6 cm³/mol. The van der Waals surface area contributed by atoms with E-state index in [0.29, 0.717) is 0 Å². The first-order valence-corrected chi connectivity index (χ1v) is 4.79. The van der Waals surface area contributed by atoms with Gasteiger partial charge in [0, 0.05) is 20.5 Å². The van der Waals surface area contributed by atoms with Gasteiger partial charge in [-0.1, -0.05) is 0 Å². The molecule has 0 fully saturated rings. The summed E-state index contributed by atoms with van der Waals surface area (Å²) in [4.78, 5) is 10.5. The third-order valence-electron chi connectivity index (χ3n) is 1.12. The highest BCUT2D eigenvalue weighted by Crippen LogP contribution is 2.04. The number of rotatable bonds is 5. The first-order chi connectivity index (χ1) is 5.20. The van der Waals surface area contributed by atoms with Crippen molar-refractivity contribution in [3.63, 3.8) is 0 Å². The monoisotopic (exact) mass is 178 g/mol. The number of hydrogen-bond donors (Lipinski definition) is 0. The molecule has 0 aromatic carbocycles. The van der Waals surface area contributed by atoms with Crippen molar-refractivity contribution < 1.29 is 14.3 Å². The zero-order chi connectivity index (χ0) is 8.69. The summed E-state index contributed by atoms with van der Waals surface area (Å²) in [6.07, 6.45) is 2.37. The third-order valence-corrected chi connectivity index (χ3v) is 1.76. The van der Waals surface area contributed by atoms with E-state index >= 15 is 0 Å². The molecule has 0 saturated heterocycles. The van der Waals surface area contributed by atoms with E-state index in [1.54, 1.807) is 11.8 Å². The van der Waals surface area contributed by atoms with Crippen LogP contribution in [0.4, 0.5) is 0 Å². The predicted octanol–water partition coefficient (Wildman–Crippen LogP) is 1.28. The van der Waals surface area contributed by atoms with E-state index in [2.05, 4.69) is 0 Å². The lowest BCUT2D eigenvalue weighted by Crippen LogP contribution is -2.18. The highest BCUT2D eigenvalue weighted by molar-refractivity contribution is 7.98. The second kappa shape index (κ2) is 6.49. The van der Waals surface area contributed by atoms with Gasteiger partial charge in [0.15, 0.2) is 0 Å². The van der Waals surface area contributed by atoms with E-state index < -0.39 is 0 Å². The molecule has 0 rings (SSSR count). The summed E-state index contributed by atoms with van der Waals surface area (Å²) >= 11 is 1.70. The van der Waals surface area contributed by atoms with Crippen molar-refractivity contribution in [2.75, 3.05) is 19.1 Å². The SMILES string of the molecule is COC(CCSC)OC(C)=O. The van der Waals surface area contributed by atoms with Gasteiger partial charge in [0.05, 0.1) is 0 Å². The number of carbonyl (C=O) groups is 1. The Labute approximate surface area is 71.4 Å². The Morgan fingerprint density at radius 2 is 2.27 bits per heavy atom. The van der Waals surface area contributed by atoms with Crippen LogP contribution in [0.25, 0.3) is 0 Å². The van der Waals surface area contributed by atoms with Crippen LogP contribution in [0.3, 0.4) is 0 Å². The topological polar surface area (TPSA) is 35.5 Å². The molecule has 66 valence electrons. The van der Waals surface area contributed by atoms with Crippen LogP contribution in [0.15, 0.2) is 0 Å². The summed E-state index contributed by atoms with van der Waals surface area (Å²) in [6, 6.07) is 0. The average molecular weight is 178 g/mol. The van der Waals surface area contributed by atoms with Crippen molar-refractivity contribution >= 4 is 17.7 Å². The normalized spacial score (nSPS) is 12.6. The van der Waals surface area contributed by atoms with Gasteiger partial charge in [0.2, 0.25) is 6.29 Å². The average Bonchev–Trinajstić information content (AvgIpc) is 1.97. The van der Waals surface area contributed by atoms with E-state index in [0.717, 1.165) is 12.2 Å². The Hall–Kier alpha value is -0.220. The second-order valence-corrected chi connectivity index (χ2v) is 3.04. The first kappa shape index (κ1) is 10.8. The Balaban J connectivity index is 3.49. The summed E-state index contributed by atoms with van der Waals surface area (Å²) in [5.41, 5.74) is 0. The number of methoxy groups -OCH3 is 1. The molecule has 0 aliphatic rings. The van der Waals surface area contributed by atoms with E-state index in [1.165, 1.54) is 14.0 Å². The zero-order valence-corrected chi connectivity index (χ0v) is 7.94. The quantitative estimate of drug-likeness (QED) is 0.469. The Bertz CT molecular complexity index is 116. The number of carbonyl (C=O) groups excluding carboxylic acids is 1. The van der Waals surface area contributed by atoms with Crippen LogP contribution >= 0.6 is 11.8 Å². The summed E-state index contributed by atoms with van der Waals surface area (Å²) in [7, 11) is 1.54. The van der Waals surface area contributed by atoms with Crippen LogP contribution in [-0.4, -0.2) is 31.4 Å². The van der Waals surface area contributed by atoms with Crippen molar-refractivity contribution in [2.45, 2.75) is 19.6 Å². The molecule has 0 N–H and O–H groups in total. The summed E-state index contributed by atoms with van der Waals surface area (Å²) in [5.74, 6) is 0.643. The minimum absolute atomic E-state index is 0.294. The van der Waals surface area contributed by atoms with Crippen molar-refractivity contribution in [3.05, 3.63) is 0 Å². The molecule has 0 aliphatic carbocycles. The molecule has 0 saturated carbocycles. The third kappa shape index (κ3) is 6.19. The minimum atomic E-state index is -0.375. The molecule has 4 heteroatoms. The first-order valence-electron chi connectivity index (χ1n) is 3.39. The highest BCUT2D eigenvalue weighted by Gasteiger charge is 2.08. The van der Waals surface area contributed by atoms with E-state index in [-0.39, 0.29) is 12.3 Å². The summed E-state index contributed by atoms with van der Waals surface area (Å²) in [5, 5.41) is 0. The van der Waals surface area contributed by atoms with Gasteiger partial charge in [-0.25, -0.2) is 0 Å². The number of ether oxygens (including phenoxy) is 2. The molecule has 0 heterocycles. The summed E-state index contributed by atoms with van der Waals surface area (Å²) < 4.78 is 9.73. The lowest BCUT2D eigenvalue weighted by molar-refractivity contribution is -0.170. The second-order valence-electron chi connectivity index (χ2n) is 2.06. The van der Waals surface area contributed by atoms with Crippen molar-refractivity contribution in [1.29, 1.82) is 0 Å². The zero-order valence-electron chi connectivity index (χ0n) is 7.12. The van der Waals surface area contributed by atoms with Gasteiger partial charge < -0.3 is 9.47 Å². The molecule has 0 aromatic heterocycles. The largest absolute Gasteiger partial charge is 0.436 e. The fraction of sp³-hybridized carbons (Fsp3) is 0.857. The van der Waals surface area contributed by atoms with Crippen LogP contribution in [0, 0.1) is 0 Å². The van der Waals surface area contributed by atoms with Crippen molar-refractivity contribution in [2.24, 2.45) is 0 Å². The van der Waals surface area contributed by atoms with Crippen LogP contribution in [-0.2, 0) is 14.3 Å². The van der Waals surface area contributed by atoms with E-state index in [9.17, 15) is 4.79 Å². The Morgan fingerprint density at radius 3 is 2.64 bits per heavy atom. The van der Waals surface area contributed by atoms with Crippen LogP contribution < -0.4 is 0 Å². The Kier molecular flexibility index (Phi) is 6.36. The standard InChI is InChI=1S/C7H14O3S/c1-6(8)10-7(9-2)4-5-11-3/h7H,4-5H2,1-3H3. The molecule has 11 heavy (non-hydrogen) atoms. The van der Waals surface area contributed by atoms with Crippen molar-refractivity contribution in [1.82, 2.24) is 0 Å². The van der Waals surface area contributed by atoms with Gasteiger partial charge in [0.25, 0.3) is 0 Å². The van der Waals surface area contributed by atoms with Crippen LogP contribution in [0.5, 0.6) is 0 Å². The minimum Gasteiger partial charge on any atom is -0.436 e. The molecule has 3 nitrogen and oxygen atoms in total. The molecule has 0 aromatic rings. The van der Waals surface area contributed by atoms with Gasteiger partial charge >= 0.3 is 5.97 Å². The van der Waals surface area contributed by atoms with Gasteiger partial charge in [0.1, 0.15) is 0 Å². The molecule has 0 radical (unpaired) electrons. The molecular weight excluding hydrogens is 164 g/mol. The maximum absolute atomic E-state index is 10.5. The van der Waals surface area contributed by atoms with E-state index in [4.69, 9.17) is 9.47 Å². The maximum Gasteiger partial charge on any atom is 0.304 e. The number of thioether (sulfide) groups is 1. The fourth-order valence-corrected chi connectivity index (χ4v) is 1.05. The molecule has 1 atom stereocenters. The molecule has 0 amide bonds. The molecule has 0 bridgehead atoms. The van der Waals surface area contributed by atoms with Gasteiger partial charge in [-0.15, -0.1) is 0 Å². The number of esters is 1. The number of hydrogen-bond acceptors (Lipinski definition) is 4. The van der Waals surface area contributed by atoms with Gasteiger partial charge in [-0.3, -0.25) is 4.79 Å². The van der Waals surface area contributed by atoms with E-state index in [1.807, 2.05) is 6.26 Å². The van der Waals surface area contributed by atoms with Crippen LogP contribution in [0.1, 0.15) is 13.3 Å². The van der Waals surface area contributed by atoms with Gasteiger partial charge in [-0.2, -0.15) is 11.8 Å². The lowest BCUT2D eigenvalue weighted by atomic mass is 10.5. The molecule has 0 spiro atoms. The molecule has 1 unspecified atom stereocenters. The van der Waals surface area contributed by atoms with Crippen molar-refractivity contribution in [3.8, 4) is 0 Å². The lowest BCUT2D eigenvalue weighted by Gasteiger charge is -2.13. The van der Waals surface area contributed by atoms with Crippen LogP contribution in [0.2, 0.25) is 0 Å². The van der Waals surface area contributed by atoms with Gasteiger partial charge in [-0.05, 0) is 12.0 Å². The fourth-order valence-electron chi connectivity index (χ4n) is 0.624. The summed E-state index contributed by atoms with van der Waals surface area (Å²) in [6.45, 7) is 1.38. The molecule has 0 aliphatic heterocycles. The smallest absolute Gasteiger partial charge is 0.304 e. The molecular formula is C7H14O3S. The Morgan fingerprint density at radius 1 is 1.64 bits per heavy atom. The maximum atomic E-state index is 10.5. The highest BCUT2D eigenvalue weighted by atomic mass is 32.2.